The number of hydrogen-bond donors (Lipinski definition) is 1. The third kappa shape index (κ3) is 2.54. The van der Waals surface area contributed by atoms with Crippen LogP contribution in [0.2, 0.25) is 0 Å². The molecule has 0 saturated heterocycles. The maximum Gasteiger partial charge on any atom is 0.240 e. The van der Waals surface area contributed by atoms with Gasteiger partial charge in [-0.3, -0.25) is 0 Å². The van der Waals surface area contributed by atoms with Crippen molar-refractivity contribution in [2.75, 3.05) is 6.54 Å². The van der Waals surface area contributed by atoms with Crippen molar-refractivity contribution in [2.24, 2.45) is 13.0 Å². The monoisotopic (exact) mass is 267 g/mol. The average Bonchev–Trinajstić information content (AvgIpc) is 2.68. The van der Waals surface area contributed by atoms with Crippen molar-refractivity contribution in [3.05, 3.63) is 24.5 Å². The first-order chi connectivity index (χ1) is 8.40. The van der Waals surface area contributed by atoms with E-state index in [2.05, 4.69) is 9.71 Å². The number of benzene rings is 1. The van der Waals surface area contributed by atoms with Gasteiger partial charge in [0.05, 0.1) is 22.3 Å². The highest BCUT2D eigenvalue weighted by Crippen LogP contribution is 2.17. The van der Waals surface area contributed by atoms with Crippen molar-refractivity contribution in [1.29, 1.82) is 0 Å². The van der Waals surface area contributed by atoms with Gasteiger partial charge in [0.15, 0.2) is 0 Å². The predicted molar refractivity (Wildman–Crippen MR) is 70.7 cm³/mol. The molecule has 0 fully saturated rings. The van der Waals surface area contributed by atoms with Crippen LogP contribution >= 0.6 is 0 Å². The lowest BCUT2D eigenvalue weighted by Crippen LogP contribution is -2.27. The van der Waals surface area contributed by atoms with E-state index in [1.54, 1.807) is 24.5 Å². The summed E-state index contributed by atoms with van der Waals surface area (Å²) in [6.07, 6.45) is 1.67. The number of hydrogen-bond acceptors (Lipinski definition) is 3. The van der Waals surface area contributed by atoms with Crippen LogP contribution in [-0.4, -0.2) is 24.5 Å². The van der Waals surface area contributed by atoms with E-state index in [1.807, 2.05) is 25.5 Å². The largest absolute Gasteiger partial charge is 0.334 e. The fourth-order valence-electron chi connectivity index (χ4n) is 1.64. The molecule has 0 unspecified atom stereocenters. The highest BCUT2D eigenvalue weighted by atomic mass is 32.2. The molecule has 5 nitrogen and oxygen atoms in total. The summed E-state index contributed by atoms with van der Waals surface area (Å²) in [6.45, 7) is 4.36. The molecule has 0 aliphatic heterocycles. The van der Waals surface area contributed by atoms with Crippen LogP contribution in [0.1, 0.15) is 13.8 Å². The molecule has 0 atom stereocenters. The summed E-state index contributed by atoms with van der Waals surface area (Å²) in [7, 11) is -1.56. The van der Waals surface area contributed by atoms with Crippen molar-refractivity contribution in [3.63, 3.8) is 0 Å². The zero-order chi connectivity index (χ0) is 13.3. The van der Waals surface area contributed by atoms with E-state index in [-0.39, 0.29) is 10.8 Å². The van der Waals surface area contributed by atoms with Gasteiger partial charge in [-0.15, -0.1) is 0 Å². The van der Waals surface area contributed by atoms with Gasteiger partial charge < -0.3 is 4.57 Å². The number of aromatic nitrogens is 2. The number of rotatable bonds is 4. The SMILES string of the molecule is CC(C)CNS(=O)(=O)c1ccc2c(c1)ncn2C. The van der Waals surface area contributed by atoms with Gasteiger partial charge in [-0.05, 0) is 24.1 Å². The first-order valence-corrected chi connectivity index (χ1v) is 7.29. The molecule has 0 bridgehead atoms. The first kappa shape index (κ1) is 13.0. The Morgan fingerprint density at radius 3 is 2.78 bits per heavy atom. The van der Waals surface area contributed by atoms with Crippen LogP contribution in [0.5, 0.6) is 0 Å². The third-order valence-corrected chi connectivity index (χ3v) is 4.11. The smallest absolute Gasteiger partial charge is 0.240 e. The zero-order valence-corrected chi connectivity index (χ0v) is 11.5. The summed E-state index contributed by atoms with van der Waals surface area (Å²) >= 11 is 0. The number of aryl methyl sites for hydroxylation is 1. The van der Waals surface area contributed by atoms with Gasteiger partial charge in [0.1, 0.15) is 0 Å². The quantitative estimate of drug-likeness (QED) is 0.913. The molecule has 18 heavy (non-hydrogen) atoms. The molecule has 0 amide bonds. The van der Waals surface area contributed by atoms with Crippen molar-refractivity contribution >= 4 is 21.1 Å². The Morgan fingerprint density at radius 1 is 1.39 bits per heavy atom. The second kappa shape index (κ2) is 4.70. The van der Waals surface area contributed by atoms with Crippen LogP contribution in [0.15, 0.2) is 29.4 Å². The van der Waals surface area contributed by atoms with E-state index >= 15 is 0 Å². The summed E-state index contributed by atoms with van der Waals surface area (Å²) < 4.78 is 28.5. The van der Waals surface area contributed by atoms with E-state index in [0.29, 0.717) is 12.1 Å². The summed E-state index contributed by atoms with van der Waals surface area (Å²) in [5, 5.41) is 0. The molecule has 2 aromatic rings. The highest BCUT2D eigenvalue weighted by Gasteiger charge is 2.15. The Balaban J connectivity index is 2.35. The van der Waals surface area contributed by atoms with E-state index in [1.165, 1.54) is 0 Å². The van der Waals surface area contributed by atoms with E-state index in [4.69, 9.17) is 0 Å². The van der Waals surface area contributed by atoms with Gasteiger partial charge in [-0.2, -0.15) is 0 Å². The standard InChI is InChI=1S/C12H17N3O2S/c1-9(2)7-14-18(16,17)10-4-5-12-11(6-10)13-8-15(12)3/h4-6,8-9,14H,7H2,1-3H3. The van der Waals surface area contributed by atoms with Crippen LogP contribution in [0.4, 0.5) is 0 Å². The van der Waals surface area contributed by atoms with E-state index < -0.39 is 10.0 Å². The van der Waals surface area contributed by atoms with Crippen molar-refractivity contribution in [3.8, 4) is 0 Å². The minimum atomic E-state index is -3.44. The Kier molecular flexibility index (Phi) is 3.41. The molecule has 0 aliphatic carbocycles. The van der Waals surface area contributed by atoms with Gasteiger partial charge in [-0.1, -0.05) is 13.8 Å². The highest BCUT2D eigenvalue weighted by molar-refractivity contribution is 7.89. The number of nitrogens with one attached hydrogen (secondary N) is 1. The van der Waals surface area contributed by atoms with Crippen LogP contribution in [0.3, 0.4) is 0 Å². The van der Waals surface area contributed by atoms with Crippen LogP contribution in [-0.2, 0) is 17.1 Å². The lowest BCUT2D eigenvalue weighted by atomic mass is 10.2. The Morgan fingerprint density at radius 2 is 2.11 bits per heavy atom. The number of sulfonamides is 1. The Hall–Kier alpha value is -1.40. The van der Waals surface area contributed by atoms with Gasteiger partial charge >= 0.3 is 0 Å². The second-order valence-corrected chi connectivity index (χ2v) is 6.52. The number of nitrogens with zero attached hydrogens (tertiary/aromatic N) is 2. The van der Waals surface area contributed by atoms with Gasteiger partial charge in [0.25, 0.3) is 0 Å². The molecular weight excluding hydrogens is 250 g/mol. The molecule has 6 heteroatoms. The second-order valence-electron chi connectivity index (χ2n) is 4.75. The molecule has 0 aliphatic rings. The Labute approximate surface area is 107 Å². The predicted octanol–water partition coefficient (Wildman–Crippen LogP) is 1.51. The molecular formula is C12H17N3O2S. The summed E-state index contributed by atoms with van der Waals surface area (Å²) in [5.74, 6) is 0.276. The molecule has 1 aromatic carbocycles. The van der Waals surface area contributed by atoms with E-state index in [0.717, 1.165) is 5.52 Å². The van der Waals surface area contributed by atoms with Gasteiger partial charge in [0.2, 0.25) is 10.0 Å². The maximum atomic E-state index is 12.0. The maximum absolute atomic E-state index is 12.0. The molecule has 1 aromatic heterocycles. The normalized spacial score (nSPS) is 12.4. The van der Waals surface area contributed by atoms with Gasteiger partial charge in [-0.25, -0.2) is 18.1 Å². The molecule has 98 valence electrons. The molecule has 0 spiro atoms. The van der Waals surface area contributed by atoms with Crippen LogP contribution in [0, 0.1) is 5.92 Å². The first-order valence-electron chi connectivity index (χ1n) is 5.81. The topological polar surface area (TPSA) is 64.0 Å². The lowest BCUT2D eigenvalue weighted by Gasteiger charge is -2.08. The minimum absolute atomic E-state index is 0.259. The van der Waals surface area contributed by atoms with Crippen LogP contribution in [0.25, 0.3) is 11.0 Å². The number of fused-ring (bicyclic) bond motifs is 1. The lowest BCUT2D eigenvalue weighted by molar-refractivity contribution is 0.560. The molecule has 2 rings (SSSR count). The number of imidazole rings is 1. The molecule has 0 radical (unpaired) electrons. The fourth-order valence-corrected chi connectivity index (χ4v) is 2.88. The fraction of sp³-hybridized carbons (Fsp3) is 0.417. The van der Waals surface area contributed by atoms with Crippen molar-refractivity contribution in [2.45, 2.75) is 18.7 Å². The van der Waals surface area contributed by atoms with E-state index in [9.17, 15) is 8.42 Å². The zero-order valence-electron chi connectivity index (χ0n) is 10.7. The third-order valence-electron chi connectivity index (χ3n) is 2.69. The Bertz CT molecular complexity index is 659. The summed E-state index contributed by atoms with van der Waals surface area (Å²) in [5.41, 5.74) is 1.60. The summed E-state index contributed by atoms with van der Waals surface area (Å²) in [4.78, 5) is 4.42. The average molecular weight is 267 g/mol. The molecule has 1 N–H and O–H groups in total. The molecule has 0 saturated carbocycles. The van der Waals surface area contributed by atoms with Gasteiger partial charge in [0, 0.05) is 13.6 Å². The minimum Gasteiger partial charge on any atom is -0.334 e. The summed E-state index contributed by atoms with van der Waals surface area (Å²) in [6, 6.07) is 4.97. The molecule has 1 heterocycles. The van der Waals surface area contributed by atoms with Crippen molar-refractivity contribution < 1.29 is 8.42 Å². The van der Waals surface area contributed by atoms with Crippen molar-refractivity contribution in [1.82, 2.24) is 14.3 Å². The van der Waals surface area contributed by atoms with Crippen LogP contribution < -0.4 is 4.72 Å².